The maximum atomic E-state index is 5.80. The molecule has 1 aromatic rings. The largest absolute Gasteiger partial charge is 0.379 e. The molecule has 1 saturated heterocycles. The zero-order chi connectivity index (χ0) is 20.0. The first-order valence-corrected chi connectivity index (χ1v) is 10.8. The van der Waals surface area contributed by atoms with E-state index >= 15 is 0 Å². The fourth-order valence-corrected chi connectivity index (χ4v) is 3.14. The first-order valence-electron chi connectivity index (χ1n) is 10.8. The molecule has 28 heavy (non-hydrogen) atoms. The van der Waals surface area contributed by atoms with Crippen LogP contribution in [0.1, 0.15) is 44.7 Å². The van der Waals surface area contributed by atoms with Gasteiger partial charge < -0.3 is 20.1 Å². The van der Waals surface area contributed by atoms with E-state index in [-0.39, 0.29) is 6.10 Å². The van der Waals surface area contributed by atoms with Crippen LogP contribution < -0.4 is 10.6 Å². The summed E-state index contributed by atoms with van der Waals surface area (Å²) in [7, 11) is 0. The van der Waals surface area contributed by atoms with Gasteiger partial charge in [-0.3, -0.25) is 4.90 Å². The Hall–Kier alpha value is -1.63. The predicted molar refractivity (Wildman–Crippen MR) is 116 cm³/mol. The van der Waals surface area contributed by atoms with E-state index in [2.05, 4.69) is 60.6 Å². The van der Waals surface area contributed by atoms with Crippen LogP contribution in [0.15, 0.2) is 29.3 Å². The summed E-state index contributed by atoms with van der Waals surface area (Å²) in [5, 5.41) is 6.70. The lowest BCUT2D eigenvalue weighted by Gasteiger charge is -2.18. The van der Waals surface area contributed by atoms with E-state index in [1.54, 1.807) is 0 Å². The molecule has 1 aromatic carbocycles. The fraction of sp³-hybridized carbons (Fsp3) is 0.682. The van der Waals surface area contributed by atoms with Crippen LogP contribution in [0.25, 0.3) is 0 Å². The summed E-state index contributed by atoms with van der Waals surface area (Å²) in [5.74, 6) is 0.860. The Bertz CT molecular complexity index is 552. The summed E-state index contributed by atoms with van der Waals surface area (Å²) < 4.78 is 11.1. The molecule has 1 aliphatic heterocycles. The lowest BCUT2D eigenvalue weighted by molar-refractivity contribution is 0.0420. The maximum Gasteiger partial charge on any atom is 0.191 e. The van der Waals surface area contributed by atoms with Gasteiger partial charge in [0.1, 0.15) is 0 Å². The number of aliphatic imine (C=N–C) groups is 1. The van der Waals surface area contributed by atoms with Gasteiger partial charge in [-0.2, -0.15) is 0 Å². The van der Waals surface area contributed by atoms with E-state index < -0.39 is 0 Å². The standard InChI is InChI=1S/C22H38N4O2/c1-4-23-22(24-13-7-14-28-21-12-15-27-18-21)25-16-19-8-10-20(11-9-19)17-26(5-2)6-3/h8-11,21H,4-7,12-18H2,1-3H3,(H2,23,24,25). The number of rotatable bonds is 12. The summed E-state index contributed by atoms with van der Waals surface area (Å²) >= 11 is 0. The molecule has 0 aliphatic carbocycles. The summed E-state index contributed by atoms with van der Waals surface area (Å²) in [4.78, 5) is 7.13. The van der Waals surface area contributed by atoms with Crippen molar-refractivity contribution in [3.8, 4) is 0 Å². The summed E-state index contributed by atoms with van der Waals surface area (Å²) in [6.07, 6.45) is 2.26. The second-order valence-corrected chi connectivity index (χ2v) is 7.11. The van der Waals surface area contributed by atoms with E-state index in [0.29, 0.717) is 6.54 Å². The molecular weight excluding hydrogens is 352 g/mol. The highest BCUT2D eigenvalue weighted by molar-refractivity contribution is 5.79. The van der Waals surface area contributed by atoms with Crippen molar-refractivity contribution in [1.82, 2.24) is 15.5 Å². The van der Waals surface area contributed by atoms with Crippen molar-refractivity contribution in [2.75, 3.05) is 46.0 Å². The van der Waals surface area contributed by atoms with Crippen LogP contribution in [0.2, 0.25) is 0 Å². The normalized spacial score (nSPS) is 17.3. The lowest BCUT2D eigenvalue weighted by Crippen LogP contribution is -2.38. The monoisotopic (exact) mass is 390 g/mol. The lowest BCUT2D eigenvalue weighted by atomic mass is 10.1. The van der Waals surface area contributed by atoms with E-state index in [1.165, 1.54) is 11.1 Å². The summed E-state index contributed by atoms with van der Waals surface area (Å²) in [5.41, 5.74) is 2.58. The molecule has 0 radical (unpaired) electrons. The predicted octanol–water partition coefficient (Wildman–Crippen LogP) is 2.78. The SMILES string of the molecule is CCNC(=NCc1ccc(CN(CC)CC)cc1)NCCCOC1CCOC1. The van der Waals surface area contributed by atoms with Gasteiger partial charge in [-0.15, -0.1) is 0 Å². The third kappa shape index (κ3) is 8.59. The molecular formula is C22H38N4O2. The molecule has 1 aliphatic rings. The van der Waals surface area contributed by atoms with Gasteiger partial charge in [0, 0.05) is 32.8 Å². The van der Waals surface area contributed by atoms with E-state index in [9.17, 15) is 0 Å². The molecule has 1 fully saturated rings. The number of hydrogen-bond acceptors (Lipinski definition) is 4. The molecule has 0 spiro atoms. The molecule has 0 bridgehead atoms. The van der Waals surface area contributed by atoms with Gasteiger partial charge in [0.2, 0.25) is 0 Å². The topological polar surface area (TPSA) is 58.1 Å². The van der Waals surface area contributed by atoms with Crippen molar-refractivity contribution in [2.24, 2.45) is 4.99 Å². The summed E-state index contributed by atoms with van der Waals surface area (Å²) in [6.45, 7) is 14.4. The number of nitrogens with one attached hydrogen (secondary N) is 2. The highest BCUT2D eigenvalue weighted by Gasteiger charge is 2.15. The summed E-state index contributed by atoms with van der Waals surface area (Å²) in [6, 6.07) is 8.80. The number of hydrogen-bond donors (Lipinski definition) is 2. The number of nitrogens with zero attached hydrogens (tertiary/aromatic N) is 2. The molecule has 2 rings (SSSR count). The molecule has 6 heteroatoms. The van der Waals surface area contributed by atoms with Gasteiger partial charge >= 0.3 is 0 Å². The quantitative estimate of drug-likeness (QED) is 0.326. The smallest absolute Gasteiger partial charge is 0.191 e. The number of ether oxygens (including phenoxy) is 2. The van der Waals surface area contributed by atoms with Crippen molar-refractivity contribution >= 4 is 5.96 Å². The maximum absolute atomic E-state index is 5.80. The molecule has 0 saturated carbocycles. The average molecular weight is 391 g/mol. The number of benzene rings is 1. The zero-order valence-electron chi connectivity index (χ0n) is 17.9. The van der Waals surface area contributed by atoms with Crippen LogP contribution in [-0.4, -0.2) is 63.0 Å². The van der Waals surface area contributed by atoms with E-state index in [0.717, 1.165) is 71.3 Å². The minimum absolute atomic E-state index is 0.284. The van der Waals surface area contributed by atoms with E-state index in [4.69, 9.17) is 14.5 Å². The van der Waals surface area contributed by atoms with Crippen LogP contribution in [0.4, 0.5) is 0 Å². The fourth-order valence-electron chi connectivity index (χ4n) is 3.14. The molecule has 1 unspecified atom stereocenters. The van der Waals surface area contributed by atoms with Crippen molar-refractivity contribution in [3.05, 3.63) is 35.4 Å². The second-order valence-electron chi connectivity index (χ2n) is 7.11. The van der Waals surface area contributed by atoms with Crippen LogP contribution in [0.3, 0.4) is 0 Å². The molecule has 0 aromatic heterocycles. The molecule has 2 N–H and O–H groups in total. The third-order valence-electron chi connectivity index (χ3n) is 4.94. The van der Waals surface area contributed by atoms with Gasteiger partial charge in [-0.1, -0.05) is 38.1 Å². The Balaban J connectivity index is 1.72. The van der Waals surface area contributed by atoms with Crippen molar-refractivity contribution in [2.45, 2.75) is 52.8 Å². The first kappa shape index (κ1) is 22.7. The highest BCUT2D eigenvalue weighted by Crippen LogP contribution is 2.09. The van der Waals surface area contributed by atoms with Gasteiger partial charge in [-0.05, 0) is 44.0 Å². The minimum atomic E-state index is 0.284. The van der Waals surface area contributed by atoms with Crippen LogP contribution in [0, 0.1) is 0 Å². The van der Waals surface area contributed by atoms with Crippen molar-refractivity contribution in [1.29, 1.82) is 0 Å². The zero-order valence-corrected chi connectivity index (χ0v) is 17.9. The first-order chi connectivity index (χ1) is 13.7. The average Bonchev–Trinajstić information content (AvgIpc) is 3.24. The molecule has 1 atom stereocenters. The Labute approximate surface area is 170 Å². The molecule has 0 amide bonds. The Morgan fingerprint density at radius 3 is 2.54 bits per heavy atom. The minimum Gasteiger partial charge on any atom is -0.379 e. The number of guanidine groups is 1. The van der Waals surface area contributed by atoms with E-state index in [1.807, 2.05) is 0 Å². The van der Waals surface area contributed by atoms with Crippen molar-refractivity contribution < 1.29 is 9.47 Å². The van der Waals surface area contributed by atoms with Gasteiger partial charge in [0.25, 0.3) is 0 Å². The molecule has 6 nitrogen and oxygen atoms in total. The highest BCUT2D eigenvalue weighted by atomic mass is 16.5. The van der Waals surface area contributed by atoms with Crippen LogP contribution >= 0.6 is 0 Å². The Kier molecular flexibility index (Phi) is 10.9. The van der Waals surface area contributed by atoms with Gasteiger partial charge in [0.05, 0.1) is 19.3 Å². The Morgan fingerprint density at radius 2 is 1.89 bits per heavy atom. The van der Waals surface area contributed by atoms with Gasteiger partial charge in [-0.25, -0.2) is 4.99 Å². The molecule has 1 heterocycles. The molecule has 158 valence electrons. The van der Waals surface area contributed by atoms with Gasteiger partial charge in [0.15, 0.2) is 5.96 Å². The van der Waals surface area contributed by atoms with Crippen LogP contribution in [-0.2, 0) is 22.6 Å². The van der Waals surface area contributed by atoms with Crippen LogP contribution in [0.5, 0.6) is 0 Å². The Morgan fingerprint density at radius 1 is 1.14 bits per heavy atom. The van der Waals surface area contributed by atoms with Crippen molar-refractivity contribution in [3.63, 3.8) is 0 Å². The third-order valence-corrected chi connectivity index (χ3v) is 4.94. The second kappa shape index (κ2) is 13.5.